The zero-order valence-electron chi connectivity index (χ0n) is 13.0. The summed E-state index contributed by atoms with van der Waals surface area (Å²) in [4.78, 5) is 2.31. The molecule has 0 unspecified atom stereocenters. The summed E-state index contributed by atoms with van der Waals surface area (Å²) in [5.41, 5.74) is 2.08. The molecule has 120 valence electrons. The second-order valence-corrected chi connectivity index (χ2v) is 6.31. The lowest BCUT2D eigenvalue weighted by Crippen LogP contribution is -2.34. The Morgan fingerprint density at radius 1 is 1.45 bits per heavy atom. The van der Waals surface area contributed by atoms with E-state index >= 15 is 0 Å². The van der Waals surface area contributed by atoms with Gasteiger partial charge in [-0.05, 0) is 32.4 Å². The van der Waals surface area contributed by atoms with Gasteiger partial charge in [0, 0.05) is 37.6 Å². The zero-order chi connectivity index (χ0) is 15.7. The van der Waals surface area contributed by atoms with Crippen molar-refractivity contribution >= 4 is 11.6 Å². The molecule has 1 saturated heterocycles. The van der Waals surface area contributed by atoms with Crippen molar-refractivity contribution in [3.05, 3.63) is 34.9 Å². The van der Waals surface area contributed by atoms with Crippen LogP contribution in [-0.4, -0.2) is 48.8 Å². The standard InChI is InChI=1S/C15H22ClN5O/c1-11-14(15(16)19(2)18-11)13-5-3-7-20(13)9-12(22)10-21-8-4-6-17-21/h4,6,8,12-13,22H,3,5,7,9-10H2,1-2H3/t12-,13-/m1/s1. The molecule has 2 aromatic heterocycles. The van der Waals surface area contributed by atoms with Gasteiger partial charge in [0.05, 0.1) is 18.3 Å². The molecule has 3 rings (SSSR count). The summed E-state index contributed by atoms with van der Waals surface area (Å²) in [6, 6.07) is 2.11. The highest BCUT2D eigenvalue weighted by molar-refractivity contribution is 6.30. The fourth-order valence-electron chi connectivity index (χ4n) is 3.35. The predicted octanol–water partition coefficient (Wildman–Crippen LogP) is 1.78. The fourth-order valence-corrected chi connectivity index (χ4v) is 3.65. The summed E-state index contributed by atoms with van der Waals surface area (Å²) >= 11 is 6.41. The van der Waals surface area contributed by atoms with Gasteiger partial charge in [0.15, 0.2) is 0 Å². The summed E-state index contributed by atoms with van der Waals surface area (Å²) in [7, 11) is 1.87. The summed E-state index contributed by atoms with van der Waals surface area (Å²) in [6.07, 6.45) is 5.32. The Balaban J connectivity index is 1.70. The maximum Gasteiger partial charge on any atom is 0.131 e. The monoisotopic (exact) mass is 323 g/mol. The lowest BCUT2D eigenvalue weighted by Gasteiger charge is -2.27. The topological polar surface area (TPSA) is 59.1 Å². The van der Waals surface area contributed by atoms with Crippen LogP contribution in [-0.2, 0) is 13.6 Å². The fraction of sp³-hybridized carbons (Fsp3) is 0.600. The number of likely N-dealkylation sites (tertiary alicyclic amines) is 1. The molecule has 1 fully saturated rings. The normalized spacial score (nSPS) is 20.6. The highest BCUT2D eigenvalue weighted by Gasteiger charge is 2.32. The molecule has 22 heavy (non-hydrogen) atoms. The van der Waals surface area contributed by atoms with Crippen LogP contribution in [0.15, 0.2) is 18.5 Å². The molecule has 1 aliphatic rings. The largest absolute Gasteiger partial charge is 0.390 e. The third-order valence-corrected chi connectivity index (χ3v) is 4.74. The van der Waals surface area contributed by atoms with Crippen molar-refractivity contribution < 1.29 is 5.11 Å². The van der Waals surface area contributed by atoms with Crippen LogP contribution < -0.4 is 0 Å². The molecule has 7 heteroatoms. The molecular weight excluding hydrogens is 302 g/mol. The first-order valence-electron chi connectivity index (χ1n) is 7.64. The van der Waals surface area contributed by atoms with E-state index in [0.29, 0.717) is 18.2 Å². The minimum atomic E-state index is -0.448. The molecule has 0 aliphatic carbocycles. The van der Waals surface area contributed by atoms with Crippen molar-refractivity contribution in [3.8, 4) is 0 Å². The van der Waals surface area contributed by atoms with Crippen molar-refractivity contribution in [2.45, 2.75) is 38.5 Å². The first kappa shape index (κ1) is 15.5. The van der Waals surface area contributed by atoms with Crippen molar-refractivity contribution in [2.75, 3.05) is 13.1 Å². The maximum atomic E-state index is 10.3. The van der Waals surface area contributed by atoms with Crippen LogP contribution in [0.2, 0.25) is 5.15 Å². The number of rotatable bonds is 5. The van der Waals surface area contributed by atoms with E-state index in [-0.39, 0.29) is 6.04 Å². The van der Waals surface area contributed by atoms with Crippen LogP contribution in [0.5, 0.6) is 0 Å². The van der Waals surface area contributed by atoms with Crippen molar-refractivity contribution in [1.29, 1.82) is 0 Å². The van der Waals surface area contributed by atoms with E-state index in [1.54, 1.807) is 15.6 Å². The Hall–Kier alpha value is -1.37. The molecular formula is C15H22ClN5O. The Morgan fingerprint density at radius 2 is 2.27 bits per heavy atom. The van der Waals surface area contributed by atoms with Crippen LogP contribution in [0.1, 0.15) is 30.1 Å². The van der Waals surface area contributed by atoms with Gasteiger partial charge >= 0.3 is 0 Å². The number of aryl methyl sites for hydroxylation is 2. The SMILES string of the molecule is Cc1nn(C)c(Cl)c1[C@H]1CCCN1C[C@@H](O)Cn1cccn1. The Labute approximate surface area is 135 Å². The first-order valence-corrected chi connectivity index (χ1v) is 8.02. The first-order chi connectivity index (χ1) is 10.6. The Bertz CT molecular complexity index is 624. The van der Waals surface area contributed by atoms with Crippen molar-refractivity contribution in [1.82, 2.24) is 24.5 Å². The zero-order valence-corrected chi connectivity index (χ0v) is 13.7. The van der Waals surface area contributed by atoms with Gasteiger partial charge in [-0.15, -0.1) is 0 Å². The molecule has 2 atom stereocenters. The molecule has 0 spiro atoms. The van der Waals surface area contributed by atoms with Gasteiger partial charge in [0.25, 0.3) is 0 Å². The Morgan fingerprint density at radius 3 is 2.91 bits per heavy atom. The molecule has 1 N–H and O–H groups in total. The quantitative estimate of drug-likeness (QED) is 0.911. The Kier molecular flexibility index (Phi) is 4.52. The minimum absolute atomic E-state index is 0.244. The van der Waals surface area contributed by atoms with E-state index < -0.39 is 6.10 Å². The number of hydrogen-bond acceptors (Lipinski definition) is 4. The molecule has 0 amide bonds. The van der Waals surface area contributed by atoms with Crippen LogP contribution >= 0.6 is 11.6 Å². The van der Waals surface area contributed by atoms with Gasteiger partial charge in [0.2, 0.25) is 0 Å². The molecule has 1 aliphatic heterocycles. The molecule has 0 radical (unpaired) electrons. The lowest BCUT2D eigenvalue weighted by molar-refractivity contribution is 0.0889. The molecule has 2 aromatic rings. The second kappa shape index (κ2) is 6.40. The number of β-amino-alcohol motifs (C(OH)–C–C–N with tert-alkyl or cyclic N) is 1. The van der Waals surface area contributed by atoms with Crippen molar-refractivity contribution in [2.24, 2.45) is 7.05 Å². The van der Waals surface area contributed by atoms with E-state index in [0.717, 1.165) is 30.6 Å². The van der Waals surface area contributed by atoms with Gasteiger partial charge in [0.1, 0.15) is 5.15 Å². The molecule has 3 heterocycles. The van der Waals surface area contributed by atoms with E-state index in [1.807, 2.05) is 26.2 Å². The van der Waals surface area contributed by atoms with E-state index in [4.69, 9.17) is 11.6 Å². The number of aromatic nitrogens is 4. The van der Waals surface area contributed by atoms with Crippen LogP contribution in [0, 0.1) is 6.92 Å². The number of nitrogens with zero attached hydrogens (tertiary/aromatic N) is 5. The number of aliphatic hydroxyl groups excluding tert-OH is 1. The second-order valence-electron chi connectivity index (χ2n) is 5.95. The van der Waals surface area contributed by atoms with Gasteiger partial charge < -0.3 is 5.11 Å². The van der Waals surface area contributed by atoms with Crippen molar-refractivity contribution in [3.63, 3.8) is 0 Å². The highest BCUT2D eigenvalue weighted by atomic mass is 35.5. The van der Waals surface area contributed by atoms with Crippen LogP contribution in [0.3, 0.4) is 0 Å². The summed E-state index contributed by atoms with van der Waals surface area (Å²) in [5, 5.41) is 19.6. The van der Waals surface area contributed by atoms with Gasteiger partial charge in [-0.3, -0.25) is 14.3 Å². The third kappa shape index (κ3) is 3.04. The maximum absolute atomic E-state index is 10.3. The number of aliphatic hydroxyl groups is 1. The van der Waals surface area contributed by atoms with Crippen LogP contribution in [0.4, 0.5) is 0 Å². The van der Waals surface area contributed by atoms with E-state index in [2.05, 4.69) is 15.1 Å². The van der Waals surface area contributed by atoms with Gasteiger partial charge in [-0.1, -0.05) is 11.6 Å². The predicted molar refractivity (Wildman–Crippen MR) is 84.7 cm³/mol. The molecule has 0 aromatic carbocycles. The summed E-state index contributed by atoms with van der Waals surface area (Å²) in [5.74, 6) is 0. The smallest absolute Gasteiger partial charge is 0.131 e. The number of halogens is 1. The molecule has 0 saturated carbocycles. The average Bonchev–Trinajstić information content (AvgIpc) is 3.15. The van der Waals surface area contributed by atoms with Gasteiger partial charge in [-0.2, -0.15) is 10.2 Å². The van der Waals surface area contributed by atoms with E-state index in [1.165, 1.54) is 0 Å². The van der Waals surface area contributed by atoms with Gasteiger partial charge in [-0.25, -0.2) is 0 Å². The molecule has 6 nitrogen and oxygen atoms in total. The van der Waals surface area contributed by atoms with E-state index in [9.17, 15) is 5.11 Å². The van der Waals surface area contributed by atoms with Crippen LogP contribution in [0.25, 0.3) is 0 Å². The number of hydrogen-bond donors (Lipinski definition) is 1. The summed E-state index contributed by atoms with van der Waals surface area (Å²) in [6.45, 7) is 4.11. The third-order valence-electron chi connectivity index (χ3n) is 4.30. The summed E-state index contributed by atoms with van der Waals surface area (Å²) < 4.78 is 3.49. The minimum Gasteiger partial charge on any atom is -0.390 e. The average molecular weight is 324 g/mol. The lowest BCUT2D eigenvalue weighted by atomic mass is 10.1. The highest BCUT2D eigenvalue weighted by Crippen LogP contribution is 2.37. The molecule has 0 bridgehead atoms.